The fourth-order valence-corrected chi connectivity index (χ4v) is 2.15. The van der Waals surface area contributed by atoms with E-state index in [-0.39, 0.29) is 29.9 Å². The molecule has 0 radical (unpaired) electrons. The molecule has 3 N–H and O–H groups in total. The van der Waals surface area contributed by atoms with E-state index in [1.54, 1.807) is 18.2 Å². The van der Waals surface area contributed by atoms with Gasteiger partial charge in [-0.05, 0) is 41.8 Å². The van der Waals surface area contributed by atoms with Crippen LogP contribution in [-0.2, 0) is 17.7 Å². The molecule has 0 bridgehead atoms. The third-order valence-corrected chi connectivity index (χ3v) is 3.39. The maximum Gasteiger partial charge on any atom is 0.337 e. The van der Waals surface area contributed by atoms with Gasteiger partial charge in [0.1, 0.15) is 0 Å². The Bertz CT molecular complexity index is 717. The molecule has 0 unspecified atom stereocenters. The molecule has 0 spiro atoms. The van der Waals surface area contributed by atoms with Crippen molar-refractivity contribution in [3.8, 4) is 0 Å². The summed E-state index contributed by atoms with van der Waals surface area (Å²) in [6.07, 6.45) is 0.965. The summed E-state index contributed by atoms with van der Waals surface area (Å²) < 4.78 is 4.71. The quantitative estimate of drug-likeness (QED) is 0.323. The molecule has 128 valence electrons. The average Bonchev–Trinajstić information content (AvgIpc) is 2.59. The highest BCUT2D eigenvalue weighted by Gasteiger charge is 2.05. The second-order valence-electron chi connectivity index (χ2n) is 5.07. The summed E-state index contributed by atoms with van der Waals surface area (Å²) in [5, 5.41) is 3.07. The zero-order chi connectivity index (χ0) is 16.7. The normalized spacial score (nSPS) is 10.7. The SMILES string of the molecule is CCc1cccc(NC(N)=NCc2cccc(C(=O)OC)c2)c1.I. The topological polar surface area (TPSA) is 76.7 Å². The number of methoxy groups -OCH3 is 1. The van der Waals surface area contributed by atoms with Gasteiger partial charge < -0.3 is 15.8 Å². The first kappa shape index (κ1) is 20.0. The highest BCUT2D eigenvalue weighted by molar-refractivity contribution is 14.0. The molecule has 2 aromatic carbocycles. The number of nitrogens with zero attached hydrogens (tertiary/aromatic N) is 1. The molecule has 0 atom stereocenters. The van der Waals surface area contributed by atoms with Crippen LogP contribution in [0.2, 0.25) is 0 Å². The van der Waals surface area contributed by atoms with Gasteiger partial charge >= 0.3 is 5.97 Å². The van der Waals surface area contributed by atoms with E-state index in [4.69, 9.17) is 10.5 Å². The number of hydrogen-bond donors (Lipinski definition) is 2. The molecule has 0 aliphatic carbocycles. The van der Waals surface area contributed by atoms with Crippen LogP contribution in [0.15, 0.2) is 53.5 Å². The molecule has 0 fully saturated rings. The van der Waals surface area contributed by atoms with Crippen LogP contribution in [-0.4, -0.2) is 19.0 Å². The van der Waals surface area contributed by atoms with Gasteiger partial charge in [-0.3, -0.25) is 0 Å². The van der Waals surface area contributed by atoms with Crippen LogP contribution in [0.3, 0.4) is 0 Å². The van der Waals surface area contributed by atoms with Gasteiger partial charge in [-0.1, -0.05) is 31.2 Å². The lowest BCUT2D eigenvalue weighted by Crippen LogP contribution is -2.22. The van der Waals surface area contributed by atoms with Gasteiger partial charge in [-0.2, -0.15) is 0 Å². The third-order valence-electron chi connectivity index (χ3n) is 3.39. The second kappa shape index (κ2) is 9.92. The van der Waals surface area contributed by atoms with E-state index in [2.05, 4.69) is 23.3 Å². The van der Waals surface area contributed by atoms with Gasteiger partial charge in [0.15, 0.2) is 5.96 Å². The largest absolute Gasteiger partial charge is 0.465 e. The molecule has 0 saturated heterocycles. The van der Waals surface area contributed by atoms with Gasteiger partial charge in [-0.15, -0.1) is 24.0 Å². The maximum atomic E-state index is 11.5. The Labute approximate surface area is 159 Å². The van der Waals surface area contributed by atoms with Crippen LogP contribution >= 0.6 is 24.0 Å². The highest BCUT2D eigenvalue weighted by Crippen LogP contribution is 2.11. The molecular weight excluding hydrogens is 417 g/mol. The van der Waals surface area contributed by atoms with Gasteiger partial charge in [0.25, 0.3) is 0 Å². The number of esters is 1. The summed E-state index contributed by atoms with van der Waals surface area (Å²) in [4.78, 5) is 15.8. The molecule has 0 heterocycles. The molecule has 0 aromatic heterocycles. The van der Waals surface area contributed by atoms with Crippen molar-refractivity contribution in [2.75, 3.05) is 12.4 Å². The Morgan fingerprint density at radius 1 is 1.17 bits per heavy atom. The number of anilines is 1. The van der Waals surface area contributed by atoms with E-state index in [1.807, 2.05) is 24.3 Å². The molecule has 0 amide bonds. The van der Waals surface area contributed by atoms with Crippen molar-refractivity contribution in [1.29, 1.82) is 0 Å². The molecule has 24 heavy (non-hydrogen) atoms. The van der Waals surface area contributed by atoms with Crippen LogP contribution in [0.1, 0.15) is 28.4 Å². The minimum atomic E-state index is -0.363. The fraction of sp³-hybridized carbons (Fsp3) is 0.222. The summed E-state index contributed by atoms with van der Waals surface area (Å²) in [6, 6.07) is 15.2. The van der Waals surface area contributed by atoms with Gasteiger partial charge in [0.05, 0.1) is 19.2 Å². The van der Waals surface area contributed by atoms with E-state index in [1.165, 1.54) is 12.7 Å². The number of nitrogens with one attached hydrogen (secondary N) is 1. The Balaban J connectivity index is 0.00000288. The lowest BCUT2D eigenvalue weighted by molar-refractivity contribution is 0.0600. The average molecular weight is 439 g/mol. The van der Waals surface area contributed by atoms with Gasteiger partial charge in [0.2, 0.25) is 0 Å². The Hall–Kier alpha value is -2.09. The van der Waals surface area contributed by atoms with Crippen LogP contribution in [0, 0.1) is 0 Å². The lowest BCUT2D eigenvalue weighted by Gasteiger charge is -2.07. The van der Waals surface area contributed by atoms with Crippen molar-refractivity contribution in [1.82, 2.24) is 0 Å². The molecule has 6 heteroatoms. The Morgan fingerprint density at radius 2 is 1.88 bits per heavy atom. The molecule has 0 aliphatic heterocycles. The minimum Gasteiger partial charge on any atom is -0.465 e. The van der Waals surface area contributed by atoms with E-state index < -0.39 is 0 Å². The number of hydrogen-bond acceptors (Lipinski definition) is 3. The monoisotopic (exact) mass is 439 g/mol. The van der Waals surface area contributed by atoms with Crippen molar-refractivity contribution in [2.24, 2.45) is 10.7 Å². The number of rotatable bonds is 5. The number of halogens is 1. The molecule has 0 saturated carbocycles. The number of aliphatic imine (C=N–C) groups is 1. The molecule has 2 rings (SSSR count). The summed E-state index contributed by atoms with van der Waals surface area (Å²) in [7, 11) is 1.36. The summed E-state index contributed by atoms with van der Waals surface area (Å²) in [6.45, 7) is 2.49. The molecule has 2 aromatic rings. The molecule has 0 aliphatic rings. The predicted molar refractivity (Wildman–Crippen MR) is 108 cm³/mol. The van der Waals surface area contributed by atoms with Crippen molar-refractivity contribution >= 4 is 41.6 Å². The lowest BCUT2D eigenvalue weighted by atomic mass is 10.1. The first-order chi connectivity index (χ1) is 11.1. The zero-order valence-electron chi connectivity index (χ0n) is 13.8. The molecular formula is C18H22IN3O2. The molecule has 5 nitrogen and oxygen atoms in total. The van der Waals surface area contributed by atoms with Crippen LogP contribution < -0.4 is 11.1 Å². The Kier molecular flexibility index (Phi) is 8.25. The maximum absolute atomic E-state index is 11.5. The van der Waals surface area contributed by atoms with E-state index >= 15 is 0 Å². The smallest absolute Gasteiger partial charge is 0.337 e. The van der Waals surface area contributed by atoms with Crippen molar-refractivity contribution < 1.29 is 9.53 Å². The standard InChI is InChI=1S/C18H21N3O2.HI/c1-3-13-6-5-9-16(11-13)21-18(19)20-12-14-7-4-8-15(10-14)17(22)23-2;/h4-11H,3,12H2,1-2H3,(H3,19,20,21);1H. The minimum absolute atomic E-state index is 0. The number of carbonyl (C=O) groups excluding carboxylic acids is 1. The van der Waals surface area contributed by atoms with Crippen LogP contribution in [0.25, 0.3) is 0 Å². The predicted octanol–water partition coefficient (Wildman–Crippen LogP) is 3.58. The first-order valence-corrected chi connectivity index (χ1v) is 7.45. The van der Waals surface area contributed by atoms with E-state index in [0.29, 0.717) is 18.1 Å². The van der Waals surface area contributed by atoms with Crippen molar-refractivity contribution in [2.45, 2.75) is 19.9 Å². The number of carbonyl (C=O) groups is 1. The summed E-state index contributed by atoms with van der Waals surface area (Å²) in [5.74, 6) is -0.0277. The fourth-order valence-electron chi connectivity index (χ4n) is 2.15. The number of ether oxygens (including phenoxy) is 1. The number of benzene rings is 2. The third kappa shape index (κ3) is 5.84. The number of nitrogens with two attached hydrogens (primary N) is 1. The zero-order valence-corrected chi connectivity index (χ0v) is 16.1. The van der Waals surface area contributed by atoms with Crippen molar-refractivity contribution in [3.63, 3.8) is 0 Å². The summed E-state index contributed by atoms with van der Waals surface area (Å²) >= 11 is 0. The number of guanidine groups is 1. The highest BCUT2D eigenvalue weighted by atomic mass is 127. The first-order valence-electron chi connectivity index (χ1n) is 7.45. The van der Waals surface area contributed by atoms with Gasteiger partial charge in [0, 0.05) is 5.69 Å². The van der Waals surface area contributed by atoms with E-state index in [0.717, 1.165) is 17.7 Å². The van der Waals surface area contributed by atoms with Crippen molar-refractivity contribution in [3.05, 3.63) is 65.2 Å². The van der Waals surface area contributed by atoms with Crippen LogP contribution in [0.4, 0.5) is 5.69 Å². The Morgan fingerprint density at radius 3 is 2.58 bits per heavy atom. The second-order valence-corrected chi connectivity index (χ2v) is 5.07. The van der Waals surface area contributed by atoms with Crippen LogP contribution in [0.5, 0.6) is 0 Å². The van der Waals surface area contributed by atoms with Gasteiger partial charge in [-0.25, -0.2) is 9.79 Å². The summed E-state index contributed by atoms with van der Waals surface area (Å²) in [5.41, 5.74) is 9.45. The van der Waals surface area contributed by atoms with E-state index in [9.17, 15) is 4.79 Å². The number of aryl methyl sites for hydroxylation is 1.